The fourth-order valence-corrected chi connectivity index (χ4v) is 5.11. The molecule has 5 nitrogen and oxygen atoms in total. The van der Waals surface area contributed by atoms with Crippen LogP contribution in [0.15, 0.2) is 72.9 Å². The van der Waals surface area contributed by atoms with Crippen LogP contribution >= 0.6 is 0 Å². The van der Waals surface area contributed by atoms with Crippen molar-refractivity contribution in [3.05, 3.63) is 84.3 Å². The Balaban J connectivity index is 1.30. The van der Waals surface area contributed by atoms with Gasteiger partial charge in [0.15, 0.2) is 0 Å². The number of nitrogens with zero attached hydrogens (tertiary/aromatic N) is 2. The molecule has 3 aromatic carbocycles. The molecular formula is C31H34FN3O2. The minimum absolute atomic E-state index is 0.258. The molecule has 0 aliphatic carbocycles. The van der Waals surface area contributed by atoms with E-state index < -0.39 is 0 Å². The summed E-state index contributed by atoms with van der Waals surface area (Å²) in [6.45, 7) is 7.89. The lowest BCUT2D eigenvalue weighted by atomic mass is 9.99. The largest absolute Gasteiger partial charge is 0.493 e. The molecule has 1 fully saturated rings. The quantitative estimate of drug-likeness (QED) is 0.271. The van der Waals surface area contributed by atoms with E-state index in [0.717, 1.165) is 71.9 Å². The maximum Gasteiger partial charge on any atom is 0.131 e. The summed E-state index contributed by atoms with van der Waals surface area (Å²) in [6.07, 6.45) is 4.02. The summed E-state index contributed by atoms with van der Waals surface area (Å²) in [7, 11) is 0. The number of fused-ring (bicyclic) bond motifs is 1. The van der Waals surface area contributed by atoms with Gasteiger partial charge in [0.25, 0.3) is 0 Å². The normalized spacial score (nSPS) is 14.6. The number of ether oxygens (including phenoxy) is 2. The van der Waals surface area contributed by atoms with Crippen molar-refractivity contribution in [2.24, 2.45) is 0 Å². The Morgan fingerprint density at radius 1 is 0.919 bits per heavy atom. The minimum Gasteiger partial charge on any atom is -0.493 e. The molecule has 192 valence electrons. The first-order valence-corrected chi connectivity index (χ1v) is 13.2. The molecular weight excluding hydrogens is 465 g/mol. The average Bonchev–Trinajstić information content (AvgIpc) is 2.91. The number of nitrogens with one attached hydrogen (secondary N) is 1. The van der Waals surface area contributed by atoms with E-state index in [4.69, 9.17) is 9.47 Å². The van der Waals surface area contributed by atoms with Crippen molar-refractivity contribution in [1.82, 2.24) is 9.88 Å². The summed E-state index contributed by atoms with van der Waals surface area (Å²) < 4.78 is 25.7. The molecule has 0 unspecified atom stereocenters. The number of para-hydroxylation sites is 1. The van der Waals surface area contributed by atoms with Crippen molar-refractivity contribution < 1.29 is 13.9 Å². The van der Waals surface area contributed by atoms with Gasteiger partial charge in [-0.1, -0.05) is 30.3 Å². The maximum absolute atomic E-state index is 13.6. The third-order valence-electron chi connectivity index (χ3n) is 6.86. The van der Waals surface area contributed by atoms with Gasteiger partial charge in [-0.15, -0.1) is 0 Å². The standard InChI is InChI=1S/C31H34FN3O2/c1-3-36-29-19-22(20-30(37-4-2)31(29)23-9-11-24(32)12-10-23)21-35-17-14-25(15-18-35)34-28-13-16-33-27-8-6-5-7-26(27)28/h5-13,16,19-20,25H,3-4,14-15,17-18,21H2,1-2H3,(H,33,34). The van der Waals surface area contributed by atoms with E-state index >= 15 is 0 Å². The zero-order valence-electron chi connectivity index (χ0n) is 21.5. The predicted octanol–water partition coefficient (Wildman–Crippen LogP) is 6.91. The van der Waals surface area contributed by atoms with Gasteiger partial charge >= 0.3 is 0 Å². The molecule has 2 heterocycles. The van der Waals surface area contributed by atoms with Gasteiger partial charge in [-0.3, -0.25) is 9.88 Å². The molecule has 1 N–H and O–H groups in total. The number of rotatable bonds is 9. The van der Waals surface area contributed by atoms with Crippen molar-refractivity contribution >= 4 is 16.6 Å². The van der Waals surface area contributed by atoms with Crippen molar-refractivity contribution in [2.45, 2.75) is 39.3 Å². The van der Waals surface area contributed by atoms with Crippen LogP contribution in [0.5, 0.6) is 11.5 Å². The van der Waals surface area contributed by atoms with Crippen LogP contribution in [-0.4, -0.2) is 42.2 Å². The van der Waals surface area contributed by atoms with Crippen molar-refractivity contribution in [3.8, 4) is 22.6 Å². The topological polar surface area (TPSA) is 46.6 Å². The second-order valence-electron chi connectivity index (χ2n) is 9.41. The molecule has 0 bridgehead atoms. The van der Waals surface area contributed by atoms with Gasteiger partial charge in [-0.25, -0.2) is 4.39 Å². The number of hydrogen-bond acceptors (Lipinski definition) is 5. The third kappa shape index (κ3) is 5.86. The zero-order valence-corrected chi connectivity index (χ0v) is 21.5. The lowest BCUT2D eigenvalue weighted by Crippen LogP contribution is -2.38. The lowest BCUT2D eigenvalue weighted by Gasteiger charge is -2.33. The molecule has 0 saturated carbocycles. The van der Waals surface area contributed by atoms with Gasteiger partial charge in [0.05, 0.1) is 24.3 Å². The highest BCUT2D eigenvalue weighted by molar-refractivity contribution is 5.91. The average molecular weight is 500 g/mol. The van der Waals surface area contributed by atoms with E-state index in [1.807, 2.05) is 26.1 Å². The molecule has 6 heteroatoms. The fraction of sp³-hybridized carbons (Fsp3) is 0.323. The first kappa shape index (κ1) is 25.0. The van der Waals surface area contributed by atoms with Crippen LogP contribution in [0.1, 0.15) is 32.3 Å². The molecule has 0 radical (unpaired) electrons. The summed E-state index contributed by atoms with van der Waals surface area (Å²) in [4.78, 5) is 6.97. The van der Waals surface area contributed by atoms with Crippen molar-refractivity contribution in [2.75, 3.05) is 31.6 Å². The van der Waals surface area contributed by atoms with E-state index in [2.05, 4.69) is 51.6 Å². The molecule has 0 amide bonds. The van der Waals surface area contributed by atoms with E-state index in [9.17, 15) is 4.39 Å². The summed E-state index contributed by atoms with van der Waals surface area (Å²) in [5.74, 6) is 1.29. The predicted molar refractivity (Wildman–Crippen MR) is 148 cm³/mol. The zero-order chi connectivity index (χ0) is 25.6. The van der Waals surface area contributed by atoms with Gasteiger partial charge in [-0.2, -0.15) is 0 Å². The molecule has 1 aliphatic rings. The minimum atomic E-state index is -0.258. The molecule has 1 saturated heterocycles. The number of aromatic nitrogens is 1. The third-order valence-corrected chi connectivity index (χ3v) is 6.86. The molecule has 4 aromatic rings. The fourth-order valence-electron chi connectivity index (χ4n) is 5.11. The highest BCUT2D eigenvalue weighted by Gasteiger charge is 2.22. The van der Waals surface area contributed by atoms with Crippen LogP contribution in [0.2, 0.25) is 0 Å². The smallest absolute Gasteiger partial charge is 0.131 e. The van der Waals surface area contributed by atoms with Crippen LogP contribution in [0, 0.1) is 5.82 Å². The van der Waals surface area contributed by atoms with Crippen LogP contribution in [0.25, 0.3) is 22.0 Å². The molecule has 0 spiro atoms. The Bertz CT molecular complexity index is 1300. The molecule has 5 rings (SSSR count). The Morgan fingerprint density at radius 3 is 2.27 bits per heavy atom. The number of benzene rings is 3. The van der Waals surface area contributed by atoms with E-state index in [1.165, 1.54) is 17.5 Å². The van der Waals surface area contributed by atoms with Gasteiger partial charge in [-0.05, 0) is 74.2 Å². The van der Waals surface area contributed by atoms with E-state index in [0.29, 0.717) is 19.3 Å². The Hall–Kier alpha value is -3.64. The van der Waals surface area contributed by atoms with Gasteiger partial charge < -0.3 is 14.8 Å². The van der Waals surface area contributed by atoms with Gasteiger partial charge in [0.1, 0.15) is 17.3 Å². The van der Waals surface area contributed by atoms with E-state index in [-0.39, 0.29) is 5.82 Å². The number of halogens is 1. The molecule has 37 heavy (non-hydrogen) atoms. The van der Waals surface area contributed by atoms with E-state index in [1.54, 1.807) is 12.1 Å². The molecule has 1 aliphatic heterocycles. The number of piperidine rings is 1. The van der Waals surface area contributed by atoms with Crippen molar-refractivity contribution in [1.29, 1.82) is 0 Å². The monoisotopic (exact) mass is 499 g/mol. The van der Waals surface area contributed by atoms with Gasteiger partial charge in [0.2, 0.25) is 0 Å². The van der Waals surface area contributed by atoms with Crippen molar-refractivity contribution in [3.63, 3.8) is 0 Å². The number of likely N-dealkylation sites (tertiary alicyclic amines) is 1. The highest BCUT2D eigenvalue weighted by Crippen LogP contribution is 2.40. The lowest BCUT2D eigenvalue weighted by molar-refractivity contribution is 0.210. The van der Waals surface area contributed by atoms with Crippen LogP contribution in [0.3, 0.4) is 0 Å². The highest BCUT2D eigenvalue weighted by atomic mass is 19.1. The van der Waals surface area contributed by atoms with Gasteiger partial charge in [0, 0.05) is 42.9 Å². The molecule has 0 atom stereocenters. The molecule has 1 aromatic heterocycles. The maximum atomic E-state index is 13.6. The summed E-state index contributed by atoms with van der Waals surface area (Å²) in [6, 6.07) is 21.5. The summed E-state index contributed by atoms with van der Waals surface area (Å²) in [5, 5.41) is 4.92. The number of hydrogen-bond donors (Lipinski definition) is 1. The first-order valence-electron chi connectivity index (χ1n) is 13.2. The second-order valence-corrected chi connectivity index (χ2v) is 9.41. The summed E-state index contributed by atoms with van der Waals surface area (Å²) in [5.41, 5.74) is 5.09. The van der Waals surface area contributed by atoms with Crippen LogP contribution in [-0.2, 0) is 6.54 Å². The number of anilines is 1. The summed E-state index contributed by atoms with van der Waals surface area (Å²) >= 11 is 0. The van der Waals surface area contributed by atoms with Crippen LogP contribution in [0.4, 0.5) is 10.1 Å². The Kier molecular flexibility index (Phi) is 7.85. The Labute approximate surface area is 218 Å². The number of pyridine rings is 1. The first-order chi connectivity index (χ1) is 18.1. The SMILES string of the molecule is CCOc1cc(CN2CCC(Nc3ccnc4ccccc34)CC2)cc(OCC)c1-c1ccc(F)cc1. The Morgan fingerprint density at radius 2 is 1.59 bits per heavy atom. The second kappa shape index (κ2) is 11.6. The van der Waals surface area contributed by atoms with Crippen LogP contribution < -0.4 is 14.8 Å².